The number of benzene rings is 1. The predicted octanol–water partition coefficient (Wildman–Crippen LogP) is 3.81. The lowest BCUT2D eigenvalue weighted by Gasteiger charge is -2.42. The van der Waals surface area contributed by atoms with Crippen LogP contribution in [0.3, 0.4) is 0 Å². The summed E-state index contributed by atoms with van der Waals surface area (Å²) in [6.45, 7) is 6.73. The second-order valence-corrected chi connectivity index (χ2v) is 6.49. The summed E-state index contributed by atoms with van der Waals surface area (Å²) in [5.74, 6) is 1.98. The van der Waals surface area contributed by atoms with Crippen LogP contribution in [0.25, 0.3) is 0 Å². The lowest BCUT2D eigenvalue weighted by atomic mass is 9.75. The molecule has 1 aliphatic carbocycles. The molecule has 0 amide bonds. The van der Waals surface area contributed by atoms with E-state index in [2.05, 4.69) is 41.4 Å². The molecule has 1 aromatic rings. The maximum Gasteiger partial charge on any atom is 0.0366 e. The molecule has 1 aliphatic heterocycles. The summed E-state index contributed by atoms with van der Waals surface area (Å²) in [4.78, 5) is 2.61. The Morgan fingerprint density at radius 3 is 2.55 bits per heavy atom. The van der Waals surface area contributed by atoms with Gasteiger partial charge < -0.3 is 10.2 Å². The maximum absolute atomic E-state index is 3.39. The van der Waals surface area contributed by atoms with Gasteiger partial charge in [-0.1, -0.05) is 38.3 Å². The number of rotatable bonds is 4. The van der Waals surface area contributed by atoms with Gasteiger partial charge >= 0.3 is 0 Å². The molecule has 1 saturated heterocycles. The molecule has 2 unspecified atom stereocenters. The van der Waals surface area contributed by atoms with E-state index in [9.17, 15) is 0 Å². The third-order valence-electron chi connectivity index (χ3n) is 5.17. The van der Waals surface area contributed by atoms with Crippen LogP contribution in [0.1, 0.15) is 44.6 Å². The Balaban J connectivity index is 1.61. The average molecular weight is 272 g/mol. The summed E-state index contributed by atoms with van der Waals surface area (Å²) < 4.78 is 0. The molecule has 1 aromatic carbocycles. The van der Waals surface area contributed by atoms with Gasteiger partial charge in [0.05, 0.1) is 0 Å². The molecule has 1 saturated carbocycles. The molecule has 2 heteroatoms. The molecular weight excluding hydrogens is 244 g/mol. The zero-order valence-corrected chi connectivity index (χ0v) is 12.8. The lowest BCUT2D eigenvalue weighted by Crippen LogP contribution is -2.41. The maximum atomic E-state index is 3.39. The van der Waals surface area contributed by atoms with Gasteiger partial charge in [0.25, 0.3) is 0 Å². The fraction of sp³-hybridized carbons (Fsp3) is 0.667. The van der Waals surface area contributed by atoms with Crippen LogP contribution in [0, 0.1) is 11.8 Å². The van der Waals surface area contributed by atoms with Crippen LogP contribution in [0.15, 0.2) is 24.3 Å². The zero-order valence-electron chi connectivity index (χ0n) is 12.8. The van der Waals surface area contributed by atoms with Crippen molar-refractivity contribution < 1.29 is 0 Å². The first-order valence-electron chi connectivity index (χ1n) is 8.41. The monoisotopic (exact) mass is 272 g/mol. The van der Waals surface area contributed by atoms with Crippen LogP contribution in [0.2, 0.25) is 0 Å². The van der Waals surface area contributed by atoms with Crippen molar-refractivity contribution in [2.45, 2.75) is 45.6 Å². The van der Waals surface area contributed by atoms with Gasteiger partial charge in [0, 0.05) is 25.3 Å². The number of fused-ring (bicyclic) bond motifs is 1. The topological polar surface area (TPSA) is 15.3 Å². The van der Waals surface area contributed by atoms with E-state index in [1.54, 1.807) is 0 Å². The summed E-state index contributed by atoms with van der Waals surface area (Å²) in [6.07, 6.45) is 7.28. The molecule has 1 N–H and O–H groups in total. The van der Waals surface area contributed by atoms with Gasteiger partial charge in [-0.3, -0.25) is 0 Å². The Morgan fingerprint density at radius 1 is 1.05 bits per heavy atom. The van der Waals surface area contributed by atoms with Crippen LogP contribution in [-0.4, -0.2) is 19.6 Å². The van der Waals surface area contributed by atoms with E-state index in [1.807, 2.05) is 0 Å². The van der Waals surface area contributed by atoms with Crippen molar-refractivity contribution in [1.82, 2.24) is 5.32 Å². The molecule has 0 bridgehead atoms. The first kappa shape index (κ1) is 13.9. The molecular formula is C18H28N2. The van der Waals surface area contributed by atoms with Gasteiger partial charge in [-0.15, -0.1) is 0 Å². The summed E-state index contributed by atoms with van der Waals surface area (Å²) in [7, 11) is 0. The van der Waals surface area contributed by atoms with Crippen molar-refractivity contribution in [3.8, 4) is 0 Å². The molecule has 2 nitrogen and oxygen atoms in total. The highest BCUT2D eigenvalue weighted by Gasteiger charge is 2.30. The molecule has 110 valence electrons. The van der Waals surface area contributed by atoms with Crippen LogP contribution in [0.4, 0.5) is 5.69 Å². The average Bonchev–Trinajstić information content (AvgIpc) is 2.53. The molecule has 0 spiro atoms. The van der Waals surface area contributed by atoms with E-state index in [-0.39, 0.29) is 0 Å². The number of nitrogens with zero attached hydrogens (tertiary/aromatic N) is 1. The quantitative estimate of drug-likeness (QED) is 0.896. The van der Waals surface area contributed by atoms with E-state index < -0.39 is 0 Å². The first-order chi connectivity index (χ1) is 9.86. The molecule has 20 heavy (non-hydrogen) atoms. The van der Waals surface area contributed by atoms with Gasteiger partial charge in [0.15, 0.2) is 0 Å². The summed E-state index contributed by atoms with van der Waals surface area (Å²) in [5, 5.41) is 3.39. The number of anilines is 1. The molecule has 3 rings (SSSR count). The highest BCUT2D eigenvalue weighted by Crippen LogP contribution is 2.37. The summed E-state index contributed by atoms with van der Waals surface area (Å²) in [6, 6.07) is 9.20. The SMILES string of the molecule is CCNCc1ccc(N2CCC3CCCCC3C2)cc1. The van der Waals surface area contributed by atoms with Gasteiger partial charge in [-0.2, -0.15) is 0 Å². The van der Waals surface area contributed by atoms with Crippen molar-refractivity contribution in [2.24, 2.45) is 11.8 Å². The minimum Gasteiger partial charge on any atom is -0.371 e. The Hall–Kier alpha value is -1.02. The standard InChI is InChI=1S/C18H28N2/c1-2-19-13-15-7-9-18(10-8-15)20-12-11-16-5-3-4-6-17(16)14-20/h7-10,16-17,19H,2-6,11-14H2,1H3. The van der Waals surface area contributed by atoms with E-state index in [0.29, 0.717) is 0 Å². The smallest absolute Gasteiger partial charge is 0.0366 e. The van der Waals surface area contributed by atoms with Crippen molar-refractivity contribution >= 4 is 5.69 Å². The van der Waals surface area contributed by atoms with Crippen molar-refractivity contribution in [1.29, 1.82) is 0 Å². The van der Waals surface area contributed by atoms with Crippen molar-refractivity contribution in [2.75, 3.05) is 24.5 Å². The van der Waals surface area contributed by atoms with Crippen molar-refractivity contribution in [3.05, 3.63) is 29.8 Å². The molecule has 2 aliphatic rings. The van der Waals surface area contributed by atoms with Crippen LogP contribution < -0.4 is 10.2 Å². The zero-order chi connectivity index (χ0) is 13.8. The number of nitrogens with one attached hydrogen (secondary N) is 1. The summed E-state index contributed by atoms with van der Waals surface area (Å²) in [5.41, 5.74) is 2.82. The Labute approximate surface area is 123 Å². The Morgan fingerprint density at radius 2 is 1.80 bits per heavy atom. The van der Waals surface area contributed by atoms with E-state index >= 15 is 0 Å². The lowest BCUT2D eigenvalue weighted by molar-refractivity contribution is 0.202. The van der Waals surface area contributed by atoms with Crippen LogP contribution in [0.5, 0.6) is 0 Å². The minimum atomic E-state index is 0.957. The fourth-order valence-corrected chi connectivity index (χ4v) is 3.93. The van der Waals surface area contributed by atoms with Crippen LogP contribution >= 0.6 is 0 Å². The second kappa shape index (κ2) is 6.62. The molecule has 2 fully saturated rings. The number of hydrogen-bond donors (Lipinski definition) is 1. The van der Waals surface area contributed by atoms with E-state index in [1.165, 1.54) is 56.4 Å². The van der Waals surface area contributed by atoms with Gasteiger partial charge in [0.2, 0.25) is 0 Å². The van der Waals surface area contributed by atoms with E-state index in [4.69, 9.17) is 0 Å². The molecule has 0 radical (unpaired) electrons. The second-order valence-electron chi connectivity index (χ2n) is 6.49. The minimum absolute atomic E-state index is 0.957. The van der Waals surface area contributed by atoms with Gasteiger partial charge in [-0.05, 0) is 48.9 Å². The Kier molecular flexibility index (Phi) is 4.62. The third-order valence-corrected chi connectivity index (χ3v) is 5.17. The predicted molar refractivity (Wildman–Crippen MR) is 86.1 cm³/mol. The number of piperidine rings is 1. The van der Waals surface area contributed by atoms with Crippen molar-refractivity contribution in [3.63, 3.8) is 0 Å². The first-order valence-corrected chi connectivity index (χ1v) is 8.41. The fourth-order valence-electron chi connectivity index (χ4n) is 3.93. The highest BCUT2D eigenvalue weighted by molar-refractivity contribution is 5.48. The normalized spacial score (nSPS) is 26.4. The Bertz CT molecular complexity index is 412. The molecule has 1 heterocycles. The summed E-state index contributed by atoms with van der Waals surface area (Å²) >= 11 is 0. The largest absolute Gasteiger partial charge is 0.371 e. The number of hydrogen-bond acceptors (Lipinski definition) is 2. The third kappa shape index (κ3) is 3.17. The van der Waals surface area contributed by atoms with Crippen LogP contribution in [-0.2, 0) is 6.54 Å². The van der Waals surface area contributed by atoms with E-state index in [0.717, 1.165) is 24.9 Å². The van der Waals surface area contributed by atoms with Gasteiger partial charge in [-0.25, -0.2) is 0 Å². The van der Waals surface area contributed by atoms with Gasteiger partial charge in [0.1, 0.15) is 0 Å². The molecule has 2 atom stereocenters. The molecule has 0 aromatic heterocycles. The highest BCUT2D eigenvalue weighted by atomic mass is 15.1.